The topological polar surface area (TPSA) is 57.7 Å². The molecule has 2 aliphatic rings. The maximum absolute atomic E-state index is 12.1. The molecule has 5 rings (SSSR count). The SMILES string of the molecule is O=C(NCc1ccccc1)OC1CCC(CCN2CCN(c3nsc4ccccc34)CC2)CC1. The third-order valence-corrected chi connectivity index (χ3v) is 8.05. The first-order valence-electron chi connectivity index (χ1n) is 12.5. The van der Waals surface area contributed by atoms with Crippen LogP contribution >= 0.6 is 11.5 Å². The fraction of sp³-hybridized carbons (Fsp3) is 0.481. The lowest BCUT2D eigenvalue weighted by molar-refractivity contribution is 0.0612. The molecule has 0 unspecified atom stereocenters. The molecule has 2 heterocycles. The van der Waals surface area contributed by atoms with Gasteiger partial charge in [-0.25, -0.2) is 4.79 Å². The van der Waals surface area contributed by atoms with Gasteiger partial charge in [0, 0.05) is 38.1 Å². The van der Waals surface area contributed by atoms with Crippen LogP contribution in [0.15, 0.2) is 54.6 Å². The summed E-state index contributed by atoms with van der Waals surface area (Å²) >= 11 is 1.60. The summed E-state index contributed by atoms with van der Waals surface area (Å²) in [6, 6.07) is 18.5. The fourth-order valence-electron chi connectivity index (χ4n) is 5.15. The Morgan fingerprint density at radius 3 is 2.50 bits per heavy atom. The molecule has 0 bridgehead atoms. The molecule has 3 aromatic rings. The average molecular weight is 479 g/mol. The summed E-state index contributed by atoms with van der Waals surface area (Å²) in [6.45, 7) is 5.98. The van der Waals surface area contributed by atoms with Gasteiger partial charge in [-0.05, 0) is 73.8 Å². The Balaban J connectivity index is 0.981. The predicted molar refractivity (Wildman–Crippen MR) is 138 cm³/mol. The van der Waals surface area contributed by atoms with E-state index in [1.807, 2.05) is 30.3 Å². The average Bonchev–Trinajstić information content (AvgIpc) is 3.32. The van der Waals surface area contributed by atoms with E-state index >= 15 is 0 Å². The Morgan fingerprint density at radius 2 is 1.71 bits per heavy atom. The summed E-state index contributed by atoms with van der Waals surface area (Å²) < 4.78 is 11.7. The monoisotopic (exact) mass is 478 g/mol. The normalized spacial score (nSPS) is 21.5. The Bertz CT molecular complexity index is 1060. The van der Waals surface area contributed by atoms with Crippen LogP contribution in [0.2, 0.25) is 0 Å². The Labute approximate surface area is 206 Å². The standard InChI is InChI=1S/C27H34N4O2S/c32-27(28-20-22-6-2-1-3-7-22)33-23-12-10-21(11-13-23)14-15-30-16-18-31(19-17-30)26-24-8-4-5-9-25(24)34-29-26/h1-9,21,23H,10-20H2,(H,28,32). The molecule has 2 fully saturated rings. The zero-order valence-corrected chi connectivity index (χ0v) is 20.5. The van der Waals surface area contributed by atoms with Gasteiger partial charge >= 0.3 is 6.09 Å². The molecule has 1 N–H and O–H groups in total. The number of nitrogens with zero attached hydrogens (tertiary/aromatic N) is 3. The van der Waals surface area contributed by atoms with Crippen LogP contribution in [-0.4, -0.2) is 54.2 Å². The number of fused-ring (bicyclic) bond motifs is 1. The molecule has 1 aliphatic carbocycles. The van der Waals surface area contributed by atoms with Gasteiger partial charge in [-0.3, -0.25) is 4.90 Å². The van der Waals surface area contributed by atoms with E-state index in [4.69, 9.17) is 9.11 Å². The predicted octanol–water partition coefficient (Wildman–Crippen LogP) is 5.29. The quantitative estimate of drug-likeness (QED) is 0.500. The first kappa shape index (κ1) is 23.1. The lowest BCUT2D eigenvalue weighted by Crippen LogP contribution is -2.47. The van der Waals surface area contributed by atoms with E-state index in [0.29, 0.717) is 6.54 Å². The molecule has 2 aromatic carbocycles. The Hall–Kier alpha value is -2.64. The molecular formula is C27H34N4O2S. The van der Waals surface area contributed by atoms with E-state index in [2.05, 4.69) is 39.4 Å². The summed E-state index contributed by atoms with van der Waals surface area (Å²) in [6.07, 6.45) is 5.28. The number of anilines is 1. The number of amides is 1. The molecule has 0 spiro atoms. The molecule has 34 heavy (non-hydrogen) atoms. The third kappa shape index (κ3) is 5.88. The minimum Gasteiger partial charge on any atom is -0.446 e. The van der Waals surface area contributed by atoms with E-state index < -0.39 is 0 Å². The molecule has 0 atom stereocenters. The van der Waals surface area contributed by atoms with Crippen LogP contribution in [0.5, 0.6) is 0 Å². The number of hydrogen-bond acceptors (Lipinski definition) is 6. The maximum atomic E-state index is 12.1. The molecule has 6 nitrogen and oxygen atoms in total. The minimum atomic E-state index is -0.293. The van der Waals surface area contributed by atoms with Crippen molar-refractivity contribution in [2.75, 3.05) is 37.6 Å². The number of ether oxygens (including phenoxy) is 1. The first-order chi connectivity index (χ1) is 16.7. The van der Waals surface area contributed by atoms with Crippen molar-refractivity contribution in [2.24, 2.45) is 5.92 Å². The van der Waals surface area contributed by atoms with Crippen LogP contribution in [0.1, 0.15) is 37.7 Å². The largest absolute Gasteiger partial charge is 0.446 e. The molecule has 1 amide bonds. The highest BCUT2D eigenvalue weighted by molar-refractivity contribution is 7.13. The van der Waals surface area contributed by atoms with Crippen LogP contribution in [0.25, 0.3) is 10.1 Å². The summed E-state index contributed by atoms with van der Waals surface area (Å²) in [5, 5.41) is 4.16. The van der Waals surface area contributed by atoms with Crippen molar-refractivity contribution >= 4 is 33.5 Å². The first-order valence-corrected chi connectivity index (χ1v) is 13.3. The zero-order chi connectivity index (χ0) is 23.2. The second kappa shape index (κ2) is 11.2. The van der Waals surface area contributed by atoms with Gasteiger partial charge in [0.2, 0.25) is 0 Å². The Morgan fingerprint density at radius 1 is 0.971 bits per heavy atom. The highest BCUT2D eigenvalue weighted by Gasteiger charge is 2.25. The summed E-state index contributed by atoms with van der Waals surface area (Å²) in [5.74, 6) is 1.90. The van der Waals surface area contributed by atoms with Gasteiger partial charge in [0.1, 0.15) is 11.9 Å². The van der Waals surface area contributed by atoms with E-state index in [9.17, 15) is 4.79 Å². The van der Waals surface area contributed by atoms with Crippen molar-refractivity contribution in [3.63, 3.8) is 0 Å². The van der Waals surface area contributed by atoms with E-state index in [1.165, 1.54) is 23.1 Å². The number of rotatable bonds is 7. The summed E-state index contributed by atoms with van der Waals surface area (Å²) in [5.41, 5.74) is 1.09. The van der Waals surface area contributed by atoms with Gasteiger partial charge in [0.05, 0.1) is 4.70 Å². The van der Waals surface area contributed by atoms with Crippen LogP contribution in [-0.2, 0) is 11.3 Å². The van der Waals surface area contributed by atoms with Crippen molar-refractivity contribution in [1.82, 2.24) is 14.6 Å². The summed E-state index contributed by atoms with van der Waals surface area (Å²) in [7, 11) is 0. The number of nitrogens with one attached hydrogen (secondary N) is 1. The number of hydrogen-bond donors (Lipinski definition) is 1. The van der Waals surface area contributed by atoms with Crippen LogP contribution < -0.4 is 10.2 Å². The van der Waals surface area contributed by atoms with E-state index in [1.54, 1.807) is 11.5 Å². The summed E-state index contributed by atoms with van der Waals surface area (Å²) in [4.78, 5) is 17.2. The maximum Gasteiger partial charge on any atom is 0.407 e. The highest BCUT2D eigenvalue weighted by Crippen LogP contribution is 2.31. The molecule has 1 saturated heterocycles. The molecule has 1 saturated carbocycles. The number of aromatic nitrogens is 1. The lowest BCUT2D eigenvalue weighted by atomic mass is 9.85. The second-order valence-corrected chi connectivity index (χ2v) is 10.3. The molecule has 0 radical (unpaired) electrons. The number of carbonyl (C=O) groups excluding carboxylic acids is 1. The van der Waals surface area contributed by atoms with Gasteiger partial charge in [0.15, 0.2) is 0 Å². The van der Waals surface area contributed by atoms with Crippen molar-refractivity contribution < 1.29 is 9.53 Å². The van der Waals surface area contributed by atoms with Gasteiger partial charge < -0.3 is 15.0 Å². The number of benzene rings is 2. The number of alkyl carbamates (subject to hydrolysis) is 1. The molecule has 1 aliphatic heterocycles. The second-order valence-electron chi connectivity index (χ2n) is 9.51. The Kier molecular flexibility index (Phi) is 7.61. The van der Waals surface area contributed by atoms with Crippen molar-refractivity contribution in [2.45, 2.75) is 44.8 Å². The van der Waals surface area contributed by atoms with Gasteiger partial charge in [-0.1, -0.05) is 42.5 Å². The van der Waals surface area contributed by atoms with E-state index in [-0.39, 0.29) is 12.2 Å². The zero-order valence-electron chi connectivity index (χ0n) is 19.7. The number of carbonyl (C=O) groups is 1. The smallest absolute Gasteiger partial charge is 0.407 e. The van der Waals surface area contributed by atoms with Gasteiger partial charge in [-0.2, -0.15) is 4.37 Å². The van der Waals surface area contributed by atoms with Crippen molar-refractivity contribution in [3.8, 4) is 0 Å². The molecule has 7 heteroatoms. The fourth-order valence-corrected chi connectivity index (χ4v) is 5.95. The molecule has 1 aromatic heterocycles. The van der Waals surface area contributed by atoms with Crippen LogP contribution in [0, 0.1) is 5.92 Å². The van der Waals surface area contributed by atoms with Crippen molar-refractivity contribution in [3.05, 3.63) is 60.2 Å². The van der Waals surface area contributed by atoms with E-state index in [0.717, 1.165) is 69.2 Å². The molecular weight excluding hydrogens is 444 g/mol. The van der Waals surface area contributed by atoms with Crippen LogP contribution in [0.4, 0.5) is 10.6 Å². The van der Waals surface area contributed by atoms with Crippen LogP contribution in [0.3, 0.4) is 0 Å². The lowest BCUT2D eigenvalue weighted by Gasteiger charge is -2.36. The highest BCUT2D eigenvalue weighted by atomic mass is 32.1. The molecule has 180 valence electrons. The van der Waals surface area contributed by atoms with Gasteiger partial charge in [-0.15, -0.1) is 0 Å². The number of piperazine rings is 1. The minimum absolute atomic E-state index is 0.0588. The third-order valence-electron chi connectivity index (χ3n) is 7.23. The van der Waals surface area contributed by atoms with Crippen molar-refractivity contribution in [1.29, 1.82) is 0 Å². The van der Waals surface area contributed by atoms with Gasteiger partial charge in [0.25, 0.3) is 0 Å².